The van der Waals surface area contributed by atoms with Crippen molar-refractivity contribution in [2.45, 2.75) is 26.2 Å². The fourth-order valence-corrected chi connectivity index (χ4v) is 2.66. The highest BCUT2D eigenvalue weighted by Crippen LogP contribution is 2.29. The molecule has 0 aromatic heterocycles. The molecule has 0 amide bonds. The smallest absolute Gasteiger partial charge is 0.340 e. The van der Waals surface area contributed by atoms with Crippen LogP contribution in [0.2, 0.25) is 0 Å². The predicted molar refractivity (Wildman–Crippen MR) is 105 cm³/mol. The number of halogens is 4. The minimum Gasteiger partial charge on any atom is -0.487 e. The molecule has 0 unspecified atom stereocenters. The Morgan fingerprint density at radius 2 is 1.66 bits per heavy atom. The third-order valence-corrected chi connectivity index (χ3v) is 3.79. The Bertz CT molecular complexity index is 905. The van der Waals surface area contributed by atoms with Gasteiger partial charge in [-0.3, -0.25) is 10.1 Å². The molecule has 156 valence electrons. The summed E-state index contributed by atoms with van der Waals surface area (Å²) < 4.78 is 55.3. The molecule has 2 aromatic carbocycles. The minimum atomic E-state index is -4.39. The maximum atomic E-state index is 13.1. The van der Waals surface area contributed by atoms with E-state index < -0.39 is 29.6 Å². The second-order valence-corrected chi connectivity index (χ2v) is 6.69. The summed E-state index contributed by atoms with van der Waals surface area (Å²) in [6.07, 6.45) is -3.92. The Morgan fingerprint density at radius 3 is 2.17 bits per heavy atom. The summed E-state index contributed by atoms with van der Waals surface area (Å²) in [6, 6.07) is 8.72. The molecule has 0 fully saturated rings. The first-order chi connectivity index (χ1) is 13.5. The van der Waals surface area contributed by atoms with E-state index in [4.69, 9.17) is 12.2 Å². The molecule has 0 spiro atoms. The van der Waals surface area contributed by atoms with Gasteiger partial charge in [0.1, 0.15) is 5.75 Å². The monoisotopic (exact) mass is 431 g/mol. The van der Waals surface area contributed by atoms with Crippen LogP contribution in [0.5, 0.6) is 5.75 Å². The van der Waals surface area contributed by atoms with Gasteiger partial charge in [-0.15, -0.1) is 0 Å². The van der Waals surface area contributed by atoms with E-state index in [1.807, 2.05) is 32.0 Å². The molecule has 0 saturated carbocycles. The average Bonchev–Trinajstić information content (AvgIpc) is 2.58. The lowest BCUT2D eigenvalue weighted by atomic mass is 10.1. The van der Waals surface area contributed by atoms with Crippen molar-refractivity contribution < 1.29 is 27.2 Å². The van der Waals surface area contributed by atoms with Gasteiger partial charge >= 0.3 is 12.3 Å². The molecule has 0 aliphatic heterocycles. The standard InChI is InChI=1S/C18H17F4N3O3S/c1-10-3-11(2)5-12(4-10)23-17(29)24-13-6-14(25(26)27)8-15(7-13)28-9-18(21,22)16(19)20/h3-8,16H,9H2,1-2H3,(H2,23,24,29). The minimum absolute atomic E-state index is 0.0661. The van der Waals surface area contributed by atoms with Crippen LogP contribution < -0.4 is 15.4 Å². The molecule has 0 atom stereocenters. The topological polar surface area (TPSA) is 76.4 Å². The lowest BCUT2D eigenvalue weighted by Crippen LogP contribution is -2.33. The number of aryl methyl sites for hydroxylation is 2. The van der Waals surface area contributed by atoms with Crippen LogP contribution in [0.4, 0.5) is 34.6 Å². The molecule has 2 N–H and O–H groups in total. The van der Waals surface area contributed by atoms with E-state index in [2.05, 4.69) is 15.4 Å². The molecule has 0 aliphatic carbocycles. The maximum absolute atomic E-state index is 13.1. The maximum Gasteiger partial charge on any atom is 0.340 e. The lowest BCUT2D eigenvalue weighted by Gasteiger charge is -2.17. The molecule has 11 heteroatoms. The summed E-state index contributed by atoms with van der Waals surface area (Å²) in [5.41, 5.74) is 2.23. The molecule has 0 heterocycles. The number of nitrogens with zero attached hydrogens (tertiary/aromatic N) is 1. The number of hydrogen-bond acceptors (Lipinski definition) is 4. The third kappa shape index (κ3) is 6.56. The number of alkyl halides is 4. The number of non-ortho nitro benzene ring substituents is 1. The fourth-order valence-electron chi connectivity index (χ4n) is 2.43. The number of thiocarbonyl (C=S) groups is 1. The molecule has 0 saturated heterocycles. The first kappa shape index (κ1) is 22.3. The quantitative estimate of drug-likeness (QED) is 0.268. The predicted octanol–water partition coefficient (Wildman–Crippen LogP) is 5.30. The van der Waals surface area contributed by atoms with E-state index in [1.165, 1.54) is 0 Å². The molecule has 6 nitrogen and oxygen atoms in total. The van der Waals surface area contributed by atoms with Crippen molar-refractivity contribution >= 4 is 34.4 Å². The van der Waals surface area contributed by atoms with E-state index in [0.29, 0.717) is 5.69 Å². The normalized spacial score (nSPS) is 11.3. The van der Waals surface area contributed by atoms with Crippen LogP contribution in [0.1, 0.15) is 11.1 Å². The summed E-state index contributed by atoms with van der Waals surface area (Å²) in [5, 5.41) is 16.7. The van der Waals surface area contributed by atoms with Crippen LogP contribution in [-0.2, 0) is 0 Å². The summed E-state index contributed by atoms with van der Waals surface area (Å²) in [4.78, 5) is 10.3. The van der Waals surface area contributed by atoms with Crippen LogP contribution in [0.3, 0.4) is 0 Å². The van der Waals surface area contributed by atoms with Gasteiger partial charge in [-0.1, -0.05) is 6.07 Å². The zero-order valence-electron chi connectivity index (χ0n) is 15.3. The zero-order chi connectivity index (χ0) is 21.8. The molecule has 0 bridgehead atoms. The van der Waals surface area contributed by atoms with E-state index >= 15 is 0 Å². The van der Waals surface area contributed by atoms with Gasteiger partial charge in [0.2, 0.25) is 0 Å². The first-order valence-electron chi connectivity index (χ1n) is 8.21. The van der Waals surface area contributed by atoms with Crippen LogP contribution in [0, 0.1) is 24.0 Å². The van der Waals surface area contributed by atoms with Gasteiger partial charge in [0.05, 0.1) is 16.7 Å². The van der Waals surface area contributed by atoms with Gasteiger partial charge in [-0.2, -0.15) is 8.78 Å². The summed E-state index contributed by atoms with van der Waals surface area (Å²) in [7, 11) is 0. The van der Waals surface area contributed by atoms with Crippen molar-refractivity contribution in [3.63, 3.8) is 0 Å². The summed E-state index contributed by atoms with van der Waals surface area (Å²) in [6.45, 7) is 2.17. The second kappa shape index (κ2) is 9.03. The van der Waals surface area contributed by atoms with E-state index in [-0.39, 0.29) is 16.5 Å². The highest BCUT2D eigenvalue weighted by atomic mass is 32.1. The Labute approximate surface area is 169 Å². The number of anilines is 2. The SMILES string of the molecule is Cc1cc(C)cc(NC(=S)Nc2cc(OCC(F)(F)C(F)F)cc([N+](=O)[O-])c2)c1. The van der Waals surface area contributed by atoms with Gasteiger partial charge in [0, 0.05) is 17.8 Å². The largest absolute Gasteiger partial charge is 0.487 e. The van der Waals surface area contributed by atoms with Crippen LogP contribution in [-0.4, -0.2) is 29.0 Å². The van der Waals surface area contributed by atoms with Crippen LogP contribution >= 0.6 is 12.2 Å². The molecule has 0 aliphatic rings. The van der Waals surface area contributed by atoms with E-state index in [1.54, 1.807) is 0 Å². The van der Waals surface area contributed by atoms with Gasteiger partial charge in [-0.25, -0.2) is 8.78 Å². The number of hydrogen-bond donors (Lipinski definition) is 2. The average molecular weight is 431 g/mol. The number of nitrogens with one attached hydrogen (secondary N) is 2. The van der Waals surface area contributed by atoms with Crippen molar-refractivity contribution in [1.82, 2.24) is 0 Å². The Morgan fingerprint density at radius 1 is 1.10 bits per heavy atom. The number of rotatable bonds is 7. The molecule has 2 rings (SSSR count). The van der Waals surface area contributed by atoms with Crippen LogP contribution in [0.25, 0.3) is 0 Å². The van der Waals surface area contributed by atoms with Crippen molar-refractivity contribution in [2.24, 2.45) is 0 Å². The van der Waals surface area contributed by atoms with Crippen molar-refractivity contribution in [3.8, 4) is 5.75 Å². The third-order valence-electron chi connectivity index (χ3n) is 3.59. The highest BCUT2D eigenvalue weighted by molar-refractivity contribution is 7.80. The summed E-state index contributed by atoms with van der Waals surface area (Å²) >= 11 is 5.16. The first-order valence-corrected chi connectivity index (χ1v) is 8.61. The Kier molecular flexibility index (Phi) is 6.96. The molecular weight excluding hydrogens is 414 g/mol. The number of benzene rings is 2. The van der Waals surface area contributed by atoms with E-state index in [0.717, 1.165) is 29.3 Å². The molecule has 29 heavy (non-hydrogen) atoms. The lowest BCUT2D eigenvalue weighted by molar-refractivity contribution is -0.384. The van der Waals surface area contributed by atoms with Gasteiger partial charge in [-0.05, 0) is 49.3 Å². The van der Waals surface area contributed by atoms with Gasteiger partial charge in [0.15, 0.2) is 11.7 Å². The number of ether oxygens (including phenoxy) is 1. The Balaban J connectivity index is 2.17. The number of nitro benzene ring substituents is 1. The number of nitro groups is 1. The van der Waals surface area contributed by atoms with E-state index in [9.17, 15) is 27.7 Å². The molecule has 2 aromatic rings. The summed E-state index contributed by atoms with van der Waals surface area (Å²) in [5.74, 6) is -4.77. The van der Waals surface area contributed by atoms with Crippen molar-refractivity contribution in [2.75, 3.05) is 17.2 Å². The highest BCUT2D eigenvalue weighted by Gasteiger charge is 2.41. The molecular formula is C18H17F4N3O3S. The molecule has 0 radical (unpaired) electrons. The van der Waals surface area contributed by atoms with Gasteiger partial charge < -0.3 is 15.4 Å². The Hall–Kier alpha value is -2.95. The van der Waals surface area contributed by atoms with Gasteiger partial charge in [0.25, 0.3) is 5.69 Å². The second-order valence-electron chi connectivity index (χ2n) is 6.28. The zero-order valence-corrected chi connectivity index (χ0v) is 16.2. The fraction of sp³-hybridized carbons (Fsp3) is 0.278. The van der Waals surface area contributed by atoms with Crippen molar-refractivity contribution in [3.05, 3.63) is 57.6 Å². The van der Waals surface area contributed by atoms with Crippen molar-refractivity contribution in [1.29, 1.82) is 0 Å². The van der Waals surface area contributed by atoms with Crippen LogP contribution in [0.15, 0.2) is 36.4 Å².